The number of rotatable bonds is 11. The number of likely N-dealkylation sites (tertiary alicyclic amines) is 1. The average molecular weight is 797 g/mol. The molecule has 0 spiro atoms. The zero-order valence-corrected chi connectivity index (χ0v) is 28.8. The minimum absolute atomic E-state index is 0.525. The Morgan fingerprint density at radius 3 is 2.33 bits per heavy atom. The van der Waals surface area contributed by atoms with E-state index in [4.69, 9.17) is 0 Å². The molecule has 9 unspecified atom stereocenters. The van der Waals surface area contributed by atoms with Crippen molar-refractivity contribution in [2.75, 3.05) is 23.0 Å². The minimum Gasteiger partial charge on any atom is -0.314 e. The van der Waals surface area contributed by atoms with E-state index in [2.05, 4.69) is 114 Å². The van der Waals surface area contributed by atoms with Gasteiger partial charge in [0, 0.05) is 33.8 Å². The van der Waals surface area contributed by atoms with Crippen LogP contribution in [0.25, 0.3) is 0 Å². The van der Waals surface area contributed by atoms with Crippen LogP contribution in [0.2, 0.25) is 0 Å². The minimum atomic E-state index is 0.525. The lowest BCUT2D eigenvalue weighted by atomic mass is 9.61. The van der Waals surface area contributed by atoms with E-state index >= 15 is 0 Å². The molecule has 9 atom stereocenters. The summed E-state index contributed by atoms with van der Waals surface area (Å²) in [5.41, 5.74) is 0.525. The van der Waals surface area contributed by atoms with Crippen LogP contribution < -0.4 is 0 Å². The maximum Gasteiger partial charge on any atom is 0.139 e. The second-order valence-electron chi connectivity index (χ2n) is 12.5. The number of hydrogen-bond acceptors (Lipinski definition) is 1. The molecule has 3 aliphatic rings. The van der Waals surface area contributed by atoms with E-state index in [0.717, 1.165) is 41.9 Å². The molecule has 5 heteroatoms. The summed E-state index contributed by atoms with van der Waals surface area (Å²) < 4.78 is 4.54. The first-order valence-corrected chi connectivity index (χ1v) is 18.3. The summed E-state index contributed by atoms with van der Waals surface area (Å²) in [6.07, 6.45) is 15.7. The van der Waals surface area contributed by atoms with E-state index in [1.54, 1.807) is 0 Å². The molecule has 2 nitrogen and oxygen atoms in total. The highest BCUT2D eigenvalue weighted by Gasteiger charge is 2.64. The van der Waals surface area contributed by atoms with E-state index in [1.165, 1.54) is 84.0 Å². The lowest BCUT2D eigenvalue weighted by Gasteiger charge is -2.54. The van der Waals surface area contributed by atoms with Crippen LogP contribution in [-0.2, 0) is 0 Å². The van der Waals surface area contributed by atoms with Crippen LogP contribution in [0.3, 0.4) is 0 Å². The van der Waals surface area contributed by atoms with Gasteiger partial charge in [-0.15, -0.1) is 0 Å². The first-order chi connectivity index (χ1) is 15.7. The third kappa shape index (κ3) is 5.91. The summed E-state index contributed by atoms with van der Waals surface area (Å²) >= 11 is 8.25. The van der Waals surface area contributed by atoms with Gasteiger partial charge in [-0.2, -0.15) is 0 Å². The van der Waals surface area contributed by atoms with Gasteiger partial charge < -0.3 is 4.48 Å². The first-order valence-electron chi connectivity index (χ1n) is 14.0. The van der Waals surface area contributed by atoms with Crippen molar-refractivity contribution in [1.82, 2.24) is 4.90 Å². The monoisotopic (exact) mass is 797 g/mol. The Hall–Kier alpha value is 2.11. The number of fused-ring (bicyclic) bond motifs is 3. The summed E-state index contributed by atoms with van der Waals surface area (Å²) in [4.78, 5) is 3.19. The summed E-state index contributed by atoms with van der Waals surface area (Å²) in [6.45, 7) is 10.0. The van der Waals surface area contributed by atoms with Crippen LogP contribution in [0.15, 0.2) is 0 Å². The maximum atomic E-state index is 3.19. The Kier molecular flexibility index (Phi) is 11.5. The Morgan fingerprint density at radius 1 is 1.03 bits per heavy atom. The zero-order valence-electron chi connectivity index (χ0n) is 22.3. The lowest BCUT2D eigenvalue weighted by molar-refractivity contribution is -0.925. The average Bonchev–Trinajstić information content (AvgIpc) is 3.08. The SMILES string of the molecule is CCCC(CI)N1C2CCCCC2C2(C)CCCC([N+](C)(C)C(I)CC(CI)C(C)CC)C12. The Balaban J connectivity index is 1.95. The molecule has 1 heterocycles. The normalized spacial score (nSPS) is 36.6. The highest BCUT2D eigenvalue weighted by Crippen LogP contribution is 2.59. The van der Waals surface area contributed by atoms with Crippen LogP contribution in [-0.4, -0.2) is 60.5 Å². The molecule has 0 aromatic heterocycles. The molecule has 3 fully saturated rings. The molecule has 194 valence electrons. The van der Waals surface area contributed by atoms with Crippen LogP contribution in [0.1, 0.15) is 98.3 Å². The van der Waals surface area contributed by atoms with Gasteiger partial charge in [0.1, 0.15) is 10.1 Å². The molecule has 2 aliphatic carbocycles. The molecule has 0 aromatic carbocycles. The Bertz CT molecular complexity index is 614. The Labute approximate surface area is 247 Å². The largest absolute Gasteiger partial charge is 0.314 e. The van der Waals surface area contributed by atoms with E-state index < -0.39 is 0 Å². The summed E-state index contributed by atoms with van der Waals surface area (Å²) in [5, 5.41) is 0. The van der Waals surface area contributed by atoms with Crippen molar-refractivity contribution < 1.29 is 4.48 Å². The molecule has 0 aromatic rings. The van der Waals surface area contributed by atoms with Crippen molar-refractivity contribution in [3.63, 3.8) is 0 Å². The van der Waals surface area contributed by atoms with Crippen LogP contribution >= 0.6 is 67.8 Å². The molecular formula is C28H52I3N2+. The molecule has 0 bridgehead atoms. The van der Waals surface area contributed by atoms with Gasteiger partial charge in [-0.25, -0.2) is 0 Å². The fourth-order valence-corrected chi connectivity index (χ4v) is 11.4. The van der Waals surface area contributed by atoms with Crippen molar-refractivity contribution in [2.24, 2.45) is 23.2 Å². The molecule has 33 heavy (non-hydrogen) atoms. The molecule has 3 rings (SSSR count). The van der Waals surface area contributed by atoms with Crippen molar-refractivity contribution in [3.8, 4) is 0 Å². The molecule has 1 aliphatic heterocycles. The highest BCUT2D eigenvalue weighted by atomic mass is 127. The predicted molar refractivity (Wildman–Crippen MR) is 171 cm³/mol. The zero-order chi connectivity index (χ0) is 24.4. The number of nitrogens with zero attached hydrogens (tertiary/aromatic N) is 2. The van der Waals surface area contributed by atoms with Crippen molar-refractivity contribution in [3.05, 3.63) is 0 Å². The second kappa shape index (κ2) is 12.8. The molecular weight excluding hydrogens is 745 g/mol. The summed E-state index contributed by atoms with van der Waals surface area (Å²) in [6, 6.07) is 3.20. The fourth-order valence-electron chi connectivity index (χ4n) is 8.17. The van der Waals surface area contributed by atoms with Gasteiger partial charge in [0.15, 0.2) is 0 Å². The third-order valence-electron chi connectivity index (χ3n) is 10.5. The quantitative estimate of drug-likeness (QED) is 0.0876. The van der Waals surface area contributed by atoms with Crippen LogP contribution in [0.4, 0.5) is 0 Å². The highest BCUT2D eigenvalue weighted by molar-refractivity contribution is 14.1. The number of halogens is 3. The second-order valence-corrected chi connectivity index (χ2v) is 15.7. The van der Waals surface area contributed by atoms with Crippen LogP contribution in [0, 0.1) is 23.2 Å². The van der Waals surface area contributed by atoms with Gasteiger partial charge in [-0.3, -0.25) is 4.90 Å². The van der Waals surface area contributed by atoms with Gasteiger partial charge in [-0.1, -0.05) is 98.6 Å². The van der Waals surface area contributed by atoms with Crippen LogP contribution in [0.5, 0.6) is 0 Å². The third-order valence-corrected chi connectivity index (χ3v) is 14.6. The van der Waals surface area contributed by atoms with E-state index in [0.29, 0.717) is 9.46 Å². The molecule has 2 saturated carbocycles. The molecule has 0 amide bonds. The van der Waals surface area contributed by atoms with E-state index in [-0.39, 0.29) is 0 Å². The van der Waals surface area contributed by atoms with Gasteiger partial charge in [-0.05, 0) is 77.9 Å². The fraction of sp³-hybridized carbons (Fsp3) is 1.00. The molecule has 0 radical (unpaired) electrons. The van der Waals surface area contributed by atoms with Gasteiger partial charge >= 0.3 is 0 Å². The van der Waals surface area contributed by atoms with E-state index in [1.807, 2.05) is 0 Å². The first kappa shape index (κ1) is 29.7. The van der Waals surface area contributed by atoms with Crippen molar-refractivity contribution in [1.29, 1.82) is 0 Å². The number of quaternary nitrogens is 1. The number of hydrogen-bond donors (Lipinski definition) is 0. The summed E-state index contributed by atoms with van der Waals surface area (Å²) in [5.74, 6) is 2.64. The molecule has 1 saturated heterocycles. The maximum absolute atomic E-state index is 3.19. The number of alkyl halides is 3. The van der Waals surface area contributed by atoms with Gasteiger partial charge in [0.25, 0.3) is 0 Å². The predicted octanol–water partition coefficient (Wildman–Crippen LogP) is 8.72. The van der Waals surface area contributed by atoms with E-state index in [9.17, 15) is 0 Å². The van der Waals surface area contributed by atoms with Gasteiger partial charge in [0.05, 0.1) is 20.1 Å². The Morgan fingerprint density at radius 2 is 1.73 bits per heavy atom. The summed E-state index contributed by atoms with van der Waals surface area (Å²) in [7, 11) is 5.24. The smallest absolute Gasteiger partial charge is 0.139 e. The van der Waals surface area contributed by atoms with Crippen molar-refractivity contribution in [2.45, 2.75) is 127 Å². The van der Waals surface area contributed by atoms with Crippen molar-refractivity contribution >= 4 is 67.8 Å². The van der Waals surface area contributed by atoms with Gasteiger partial charge in [0.2, 0.25) is 0 Å². The lowest BCUT2D eigenvalue weighted by Crippen LogP contribution is -2.66. The topological polar surface area (TPSA) is 3.24 Å². The standard InChI is InChI=1S/C28H52I3N2/c1-7-12-22(19-30)32-24-14-10-9-13-23(24)28(4)16-11-15-25(27(28)32)33(5,6)26(31)17-21(18-29)20(3)8-2/h20-27H,7-19H2,1-6H3/q+1. The molecule has 0 N–H and O–H groups in total. The number of likely N-dealkylation sites (N-methyl/N-ethyl adjacent to an activating group) is 1.